The SMILES string of the molecule is CC(C)C(Oc1ccc2c(=O)c(-c3ccccc3)coc2c1)C(=O)O. The summed E-state index contributed by atoms with van der Waals surface area (Å²) in [5.74, 6) is -0.874. The lowest BCUT2D eigenvalue weighted by molar-refractivity contribution is -0.147. The predicted molar refractivity (Wildman–Crippen MR) is 94.8 cm³/mol. The number of ether oxygens (including phenoxy) is 1. The molecule has 0 saturated carbocycles. The maximum atomic E-state index is 12.7. The zero-order valence-corrected chi connectivity index (χ0v) is 13.9. The van der Waals surface area contributed by atoms with Crippen molar-refractivity contribution in [2.75, 3.05) is 0 Å². The van der Waals surface area contributed by atoms with E-state index in [9.17, 15) is 14.7 Å². The molecule has 0 fully saturated rings. The molecule has 2 aromatic carbocycles. The number of carboxylic acids is 1. The minimum absolute atomic E-state index is 0.141. The van der Waals surface area contributed by atoms with Crippen LogP contribution < -0.4 is 10.2 Å². The summed E-state index contributed by atoms with van der Waals surface area (Å²) in [5.41, 5.74) is 1.48. The summed E-state index contributed by atoms with van der Waals surface area (Å²) in [4.78, 5) is 24.0. The van der Waals surface area contributed by atoms with Crippen LogP contribution in [0.3, 0.4) is 0 Å². The van der Waals surface area contributed by atoms with Crippen molar-refractivity contribution in [3.8, 4) is 16.9 Å². The third-order valence-corrected chi connectivity index (χ3v) is 3.94. The van der Waals surface area contributed by atoms with Gasteiger partial charge in [0.1, 0.15) is 17.6 Å². The standard InChI is InChI=1S/C20H18O5/c1-12(2)19(20(22)23)25-14-8-9-15-17(10-14)24-11-16(18(15)21)13-6-4-3-5-7-13/h3-12,19H,1-2H3,(H,22,23). The molecule has 1 atom stereocenters. The molecule has 0 aliphatic carbocycles. The zero-order valence-electron chi connectivity index (χ0n) is 13.9. The third-order valence-electron chi connectivity index (χ3n) is 3.94. The zero-order chi connectivity index (χ0) is 18.0. The number of rotatable bonds is 5. The number of carboxylic acid groups (broad SMARTS) is 1. The summed E-state index contributed by atoms with van der Waals surface area (Å²) in [6.45, 7) is 3.54. The first-order chi connectivity index (χ1) is 12.0. The van der Waals surface area contributed by atoms with E-state index in [0.717, 1.165) is 5.56 Å². The first-order valence-corrected chi connectivity index (χ1v) is 7.98. The quantitative estimate of drug-likeness (QED) is 0.762. The van der Waals surface area contributed by atoms with Crippen LogP contribution >= 0.6 is 0 Å². The van der Waals surface area contributed by atoms with Gasteiger partial charge < -0.3 is 14.3 Å². The minimum Gasteiger partial charge on any atom is -0.478 e. The summed E-state index contributed by atoms with van der Waals surface area (Å²) in [6, 6.07) is 14.0. The van der Waals surface area contributed by atoms with Crippen LogP contribution in [0.1, 0.15) is 13.8 Å². The van der Waals surface area contributed by atoms with Gasteiger partial charge in [0.15, 0.2) is 11.5 Å². The van der Waals surface area contributed by atoms with E-state index in [1.54, 1.807) is 32.0 Å². The Labute approximate surface area is 144 Å². The second-order valence-corrected chi connectivity index (χ2v) is 6.12. The van der Waals surface area contributed by atoms with Gasteiger partial charge in [-0.15, -0.1) is 0 Å². The van der Waals surface area contributed by atoms with Crippen LogP contribution in [-0.2, 0) is 4.79 Å². The highest BCUT2D eigenvalue weighted by molar-refractivity contribution is 5.82. The second kappa shape index (κ2) is 6.81. The first kappa shape index (κ1) is 16.8. The van der Waals surface area contributed by atoms with Gasteiger partial charge in [0.05, 0.1) is 10.9 Å². The van der Waals surface area contributed by atoms with Crippen molar-refractivity contribution in [2.45, 2.75) is 20.0 Å². The number of carbonyl (C=O) groups is 1. The van der Waals surface area contributed by atoms with E-state index in [1.807, 2.05) is 30.3 Å². The van der Waals surface area contributed by atoms with Crippen LogP contribution in [0.25, 0.3) is 22.1 Å². The molecular weight excluding hydrogens is 320 g/mol. The average Bonchev–Trinajstić information content (AvgIpc) is 2.60. The molecule has 1 unspecified atom stereocenters. The lowest BCUT2D eigenvalue weighted by Gasteiger charge is -2.18. The monoisotopic (exact) mass is 338 g/mol. The molecule has 5 nitrogen and oxygen atoms in total. The van der Waals surface area contributed by atoms with Gasteiger partial charge in [-0.1, -0.05) is 44.2 Å². The lowest BCUT2D eigenvalue weighted by Crippen LogP contribution is -2.32. The van der Waals surface area contributed by atoms with E-state index in [-0.39, 0.29) is 11.3 Å². The maximum Gasteiger partial charge on any atom is 0.345 e. The van der Waals surface area contributed by atoms with Crippen molar-refractivity contribution in [3.05, 3.63) is 65.0 Å². The number of fused-ring (bicyclic) bond motifs is 1. The van der Waals surface area contributed by atoms with Gasteiger partial charge in [0.25, 0.3) is 0 Å². The molecule has 0 aliphatic heterocycles. The van der Waals surface area contributed by atoms with Crippen LogP contribution in [0.2, 0.25) is 0 Å². The molecule has 0 bridgehead atoms. The molecule has 0 saturated heterocycles. The van der Waals surface area contributed by atoms with E-state index >= 15 is 0 Å². The molecule has 5 heteroatoms. The van der Waals surface area contributed by atoms with E-state index in [2.05, 4.69) is 0 Å². The molecule has 25 heavy (non-hydrogen) atoms. The van der Waals surface area contributed by atoms with Crippen LogP contribution in [0, 0.1) is 5.92 Å². The van der Waals surface area contributed by atoms with Gasteiger partial charge >= 0.3 is 5.97 Å². The van der Waals surface area contributed by atoms with Crippen LogP contribution in [-0.4, -0.2) is 17.2 Å². The average molecular weight is 338 g/mol. The Morgan fingerprint density at radius 3 is 2.48 bits per heavy atom. The molecule has 1 aromatic heterocycles. The summed E-state index contributed by atoms with van der Waals surface area (Å²) < 4.78 is 11.1. The van der Waals surface area contributed by atoms with E-state index in [0.29, 0.717) is 22.3 Å². The first-order valence-electron chi connectivity index (χ1n) is 7.98. The molecule has 3 aromatic rings. The van der Waals surface area contributed by atoms with Gasteiger partial charge in [-0.25, -0.2) is 4.79 Å². The fraction of sp³-hybridized carbons (Fsp3) is 0.200. The van der Waals surface area contributed by atoms with Crippen molar-refractivity contribution in [2.24, 2.45) is 5.92 Å². The van der Waals surface area contributed by atoms with Gasteiger partial charge in [0, 0.05) is 12.0 Å². The molecule has 0 spiro atoms. The molecule has 0 amide bonds. The normalized spacial score (nSPS) is 12.3. The highest BCUT2D eigenvalue weighted by Crippen LogP contribution is 2.24. The van der Waals surface area contributed by atoms with Crippen LogP contribution in [0.15, 0.2) is 64.0 Å². The number of benzene rings is 2. The summed E-state index contributed by atoms with van der Waals surface area (Å²) >= 11 is 0. The van der Waals surface area contributed by atoms with E-state index < -0.39 is 12.1 Å². The van der Waals surface area contributed by atoms with Crippen molar-refractivity contribution < 1.29 is 19.1 Å². The Morgan fingerprint density at radius 2 is 1.84 bits per heavy atom. The van der Waals surface area contributed by atoms with Crippen molar-refractivity contribution in [1.82, 2.24) is 0 Å². The Kier molecular flexibility index (Phi) is 4.57. The molecule has 3 rings (SSSR count). The number of hydrogen-bond acceptors (Lipinski definition) is 4. The smallest absolute Gasteiger partial charge is 0.345 e. The summed E-state index contributed by atoms with van der Waals surface area (Å²) in [6.07, 6.45) is 0.453. The molecule has 0 radical (unpaired) electrons. The number of aliphatic carboxylic acids is 1. The van der Waals surface area contributed by atoms with E-state index in [1.165, 1.54) is 6.26 Å². The fourth-order valence-electron chi connectivity index (χ4n) is 2.62. The van der Waals surface area contributed by atoms with Gasteiger partial charge in [-0.2, -0.15) is 0 Å². The predicted octanol–water partition coefficient (Wildman–Crippen LogP) is 3.95. The molecule has 128 valence electrons. The highest BCUT2D eigenvalue weighted by Gasteiger charge is 2.23. The Hall–Kier alpha value is -3.08. The van der Waals surface area contributed by atoms with Crippen molar-refractivity contribution >= 4 is 16.9 Å². The van der Waals surface area contributed by atoms with Crippen molar-refractivity contribution in [3.63, 3.8) is 0 Å². The Balaban J connectivity index is 2.00. The van der Waals surface area contributed by atoms with Crippen molar-refractivity contribution in [1.29, 1.82) is 0 Å². The lowest BCUT2D eigenvalue weighted by atomic mass is 10.1. The van der Waals surface area contributed by atoms with E-state index in [4.69, 9.17) is 9.15 Å². The van der Waals surface area contributed by atoms with Gasteiger partial charge in [-0.05, 0) is 17.7 Å². The second-order valence-electron chi connectivity index (χ2n) is 6.12. The highest BCUT2D eigenvalue weighted by atomic mass is 16.5. The minimum atomic E-state index is -1.03. The fourth-order valence-corrected chi connectivity index (χ4v) is 2.62. The molecule has 1 N–H and O–H groups in total. The maximum absolute atomic E-state index is 12.7. The van der Waals surface area contributed by atoms with Crippen LogP contribution in [0.5, 0.6) is 5.75 Å². The Morgan fingerprint density at radius 1 is 1.12 bits per heavy atom. The molecule has 1 heterocycles. The van der Waals surface area contributed by atoms with Crippen LogP contribution in [0.4, 0.5) is 0 Å². The largest absolute Gasteiger partial charge is 0.478 e. The van der Waals surface area contributed by atoms with Gasteiger partial charge in [-0.3, -0.25) is 4.79 Å². The number of hydrogen-bond donors (Lipinski definition) is 1. The summed E-state index contributed by atoms with van der Waals surface area (Å²) in [7, 11) is 0. The van der Waals surface area contributed by atoms with Gasteiger partial charge in [0.2, 0.25) is 0 Å². The summed E-state index contributed by atoms with van der Waals surface area (Å²) in [5, 5.41) is 9.65. The molecule has 0 aliphatic rings. The third kappa shape index (κ3) is 3.40. The topological polar surface area (TPSA) is 76.7 Å². The Bertz CT molecular complexity index is 957. The molecular formula is C20H18O5.